The van der Waals surface area contributed by atoms with Crippen LogP contribution >= 0.6 is 0 Å². The van der Waals surface area contributed by atoms with Crippen LogP contribution in [0.25, 0.3) is 6.08 Å². The molecule has 0 aliphatic carbocycles. The van der Waals surface area contributed by atoms with Gasteiger partial charge in [0.2, 0.25) is 5.91 Å². The van der Waals surface area contributed by atoms with Gasteiger partial charge in [-0.1, -0.05) is 6.07 Å². The van der Waals surface area contributed by atoms with Gasteiger partial charge in [0, 0.05) is 19.2 Å². The third kappa shape index (κ3) is 4.24. The molecule has 5 nitrogen and oxygen atoms in total. The number of hydrogen-bond donors (Lipinski definition) is 1. The van der Waals surface area contributed by atoms with Gasteiger partial charge < -0.3 is 19.5 Å². The fourth-order valence-electron chi connectivity index (χ4n) is 2.38. The zero-order valence-corrected chi connectivity index (χ0v) is 13.3. The largest absolute Gasteiger partial charge is 0.504 e. The minimum Gasteiger partial charge on any atom is -0.504 e. The maximum Gasteiger partial charge on any atom is 0.246 e. The highest BCUT2D eigenvalue weighted by atomic mass is 16.5. The predicted molar refractivity (Wildman–Crippen MR) is 84.9 cm³/mol. The predicted octanol–water partition coefficient (Wildman–Crippen LogP) is 2.44. The van der Waals surface area contributed by atoms with Crippen molar-refractivity contribution in [3.63, 3.8) is 0 Å². The Morgan fingerprint density at radius 1 is 1.50 bits per heavy atom. The Balaban J connectivity index is 2.05. The van der Waals surface area contributed by atoms with Gasteiger partial charge in [0.25, 0.3) is 0 Å². The van der Waals surface area contributed by atoms with Crippen LogP contribution in [0.1, 0.15) is 26.3 Å². The van der Waals surface area contributed by atoms with Gasteiger partial charge in [-0.15, -0.1) is 0 Å². The van der Waals surface area contributed by atoms with E-state index in [9.17, 15) is 9.90 Å². The second-order valence-corrected chi connectivity index (χ2v) is 5.86. The van der Waals surface area contributed by atoms with E-state index in [-0.39, 0.29) is 17.3 Å². The molecule has 0 atom stereocenters. The van der Waals surface area contributed by atoms with Crippen molar-refractivity contribution in [3.8, 4) is 11.5 Å². The Morgan fingerprint density at radius 2 is 2.27 bits per heavy atom. The molecule has 1 aliphatic rings. The highest BCUT2D eigenvalue weighted by molar-refractivity contribution is 5.92. The number of nitrogens with zero attached hydrogens (tertiary/aromatic N) is 1. The quantitative estimate of drug-likeness (QED) is 0.868. The maximum absolute atomic E-state index is 12.2. The van der Waals surface area contributed by atoms with Crippen molar-refractivity contribution in [3.05, 3.63) is 29.8 Å². The summed E-state index contributed by atoms with van der Waals surface area (Å²) in [4.78, 5) is 14.0. The molecule has 0 radical (unpaired) electrons. The summed E-state index contributed by atoms with van der Waals surface area (Å²) in [5.41, 5.74) is 0.504. The molecule has 1 N–H and O–H groups in total. The number of morpholine rings is 1. The van der Waals surface area contributed by atoms with Gasteiger partial charge in [0.05, 0.1) is 18.8 Å². The number of hydrogen-bond acceptors (Lipinski definition) is 4. The molecule has 1 fully saturated rings. The monoisotopic (exact) mass is 305 g/mol. The molecule has 1 aliphatic heterocycles. The van der Waals surface area contributed by atoms with Crippen molar-refractivity contribution in [1.29, 1.82) is 0 Å². The van der Waals surface area contributed by atoms with Gasteiger partial charge in [-0.05, 0) is 44.5 Å². The highest BCUT2D eigenvalue weighted by Crippen LogP contribution is 2.27. The smallest absolute Gasteiger partial charge is 0.246 e. The third-order valence-corrected chi connectivity index (χ3v) is 3.44. The van der Waals surface area contributed by atoms with Crippen molar-refractivity contribution >= 4 is 12.0 Å². The summed E-state index contributed by atoms with van der Waals surface area (Å²) in [5, 5.41) is 9.67. The first-order valence-corrected chi connectivity index (χ1v) is 7.48. The molecule has 1 heterocycles. The van der Waals surface area contributed by atoms with Crippen LogP contribution < -0.4 is 4.74 Å². The molecular formula is C17H23NO4. The lowest BCUT2D eigenvalue weighted by Crippen LogP contribution is -2.50. The summed E-state index contributed by atoms with van der Waals surface area (Å²) in [6, 6.07) is 5.02. The fraction of sp³-hybridized carbons (Fsp3) is 0.471. The van der Waals surface area contributed by atoms with E-state index in [4.69, 9.17) is 9.47 Å². The van der Waals surface area contributed by atoms with Crippen LogP contribution in [0, 0.1) is 0 Å². The zero-order valence-electron chi connectivity index (χ0n) is 13.3. The lowest BCUT2D eigenvalue weighted by molar-refractivity contribution is -0.140. The molecule has 0 unspecified atom stereocenters. The normalized spacial score (nSPS) is 17.7. The van der Waals surface area contributed by atoms with Gasteiger partial charge in [-0.3, -0.25) is 4.79 Å². The van der Waals surface area contributed by atoms with Crippen LogP contribution in [-0.2, 0) is 9.53 Å². The molecule has 1 aromatic carbocycles. The highest BCUT2D eigenvalue weighted by Gasteiger charge is 2.28. The van der Waals surface area contributed by atoms with Crippen LogP contribution in [0.15, 0.2) is 24.3 Å². The minimum atomic E-state index is -0.303. The summed E-state index contributed by atoms with van der Waals surface area (Å²) >= 11 is 0. The molecular weight excluding hydrogens is 282 g/mol. The van der Waals surface area contributed by atoms with Crippen LogP contribution in [0.5, 0.6) is 11.5 Å². The van der Waals surface area contributed by atoms with E-state index in [1.807, 2.05) is 20.8 Å². The lowest BCUT2D eigenvalue weighted by atomic mass is 10.1. The first kappa shape index (κ1) is 16.4. The van der Waals surface area contributed by atoms with Crippen molar-refractivity contribution in [1.82, 2.24) is 4.90 Å². The first-order valence-electron chi connectivity index (χ1n) is 7.48. The Labute approximate surface area is 131 Å². The van der Waals surface area contributed by atoms with E-state index in [1.54, 1.807) is 35.3 Å². The number of carbonyl (C=O) groups excluding carboxylic acids is 1. The van der Waals surface area contributed by atoms with Crippen LogP contribution in [0.2, 0.25) is 0 Å². The topological polar surface area (TPSA) is 59.0 Å². The molecule has 0 bridgehead atoms. The van der Waals surface area contributed by atoms with E-state index in [0.29, 0.717) is 32.1 Å². The SMILES string of the molecule is CCOc1cc(C=CC(=O)N2CCOC(C)(C)C2)ccc1O. The molecule has 0 spiro atoms. The van der Waals surface area contributed by atoms with Crippen molar-refractivity contribution in [2.24, 2.45) is 0 Å². The third-order valence-electron chi connectivity index (χ3n) is 3.44. The number of benzene rings is 1. The second kappa shape index (κ2) is 6.83. The minimum absolute atomic E-state index is 0.0394. The molecule has 5 heteroatoms. The van der Waals surface area contributed by atoms with Crippen molar-refractivity contribution in [2.75, 3.05) is 26.3 Å². The number of aromatic hydroxyl groups is 1. The van der Waals surface area contributed by atoms with Gasteiger partial charge in [0.1, 0.15) is 0 Å². The second-order valence-electron chi connectivity index (χ2n) is 5.86. The van der Waals surface area contributed by atoms with E-state index in [2.05, 4.69) is 0 Å². The summed E-state index contributed by atoms with van der Waals surface area (Å²) in [6.07, 6.45) is 3.27. The van der Waals surface area contributed by atoms with Gasteiger partial charge in [0.15, 0.2) is 11.5 Å². The number of carbonyl (C=O) groups is 1. The molecule has 0 aromatic heterocycles. The van der Waals surface area contributed by atoms with Crippen LogP contribution in [-0.4, -0.2) is 47.8 Å². The zero-order chi connectivity index (χ0) is 16.2. The Hall–Kier alpha value is -2.01. The summed E-state index contributed by atoms with van der Waals surface area (Å²) < 4.78 is 10.9. The molecule has 1 amide bonds. The van der Waals surface area contributed by atoms with Gasteiger partial charge in [-0.2, -0.15) is 0 Å². The summed E-state index contributed by atoms with van der Waals surface area (Å²) in [5.74, 6) is 0.479. The lowest BCUT2D eigenvalue weighted by Gasteiger charge is -2.37. The Bertz CT molecular complexity index is 566. The van der Waals surface area contributed by atoms with E-state index < -0.39 is 0 Å². The molecule has 120 valence electrons. The molecule has 0 saturated carbocycles. The number of phenols is 1. The number of rotatable bonds is 4. The van der Waals surface area contributed by atoms with Crippen molar-refractivity contribution in [2.45, 2.75) is 26.4 Å². The van der Waals surface area contributed by atoms with E-state index in [0.717, 1.165) is 5.56 Å². The average molecular weight is 305 g/mol. The summed E-state index contributed by atoms with van der Waals surface area (Å²) in [7, 11) is 0. The number of ether oxygens (including phenoxy) is 2. The molecule has 1 aromatic rings. The molecule has 22 heavy (non-hydrogen) atoms. The summed E-state index contributed by atoms with van der Waals surface area (Å²) in [6.45, 7) is 8.02. The van der Waals surface area contributed by atoms with Crippen LogP contribution in [0.4, 0.5) is 0 Å². The van der Waals surface area contributed by atoms with E-state index in [1.165, 1.54) is 0 Å². The van der Waals surface area contributed by atoms with Gasteiger partial charge >= 0.3 is 0 Å². The fourth-order valence-corrected chi connectivity index (χ4v) is 2.38. The van der Waals surface area contributed by atoms with E-state index >= 15 is 0 Å². The van der Waals surface area contributed by atoms with Crippen LogP contribution in [0.3, 0.4) is 0 Å². The Morgan fingerprint density at radius 3 is 2.95 bits per heavy atom. The molecule has 2 rings (SSSR count). The standard InChI is InChI=1S/C17H23NO4/c1-4-21-15-11-13(5-7-14(15)19)6-8-16(20)18-9-10-22-17(2,3)12-18/h5-8,11,19H,4,9-10,12H2,1-3H3. The van der Waals surface area contributed by atoms with Gasteiger partial charge in [-0.25, -0.2) is 0 Å². The van der Waals surface area contributed by atoms with Crippen molar-refractivity contribution < 1.29 is 19.4 Å². The number of phenolic OH excluding ortho intramolecular Hbond substituents is 1. The maximum atomic E-state index is 12.2. The Kier molecular flexibility index (Phi) is 5.08. The molecule has 1 saturated heterocycles. The average Bonchev–Trinajstić information content (AvgIpc) is 2.47. The number of amides is 1. The first-order chi connectivity index (χ1) is 10.4.